The lowest BCUT2D eigenvalue weighted by atomic mass is 10.1. The molecule has 1 heterocycles. The number of hydrogen-bond donors (Lipinski definition) is 1. The van der Waals surface area contributed by atoms with Crippen LogP contribution in [0.25, 0.3) is 0 Å². The molecule has 0 aliphatic carbocycles. The molecule has 6 nitrogen and oxygen atoms in total. The molecule has 0 saturated heterocycles. The fraction of sp³-hybridized carbons (Fsp3) is 0.450. The zero-order valence-electron chi connectivity index (χ0n) is 16.6. The molecule has 7 heteroatoms. The van der Waals surface area contributed by atoms with Crippen molar-refractivity contribution >= 4 is 17.3 Å². The molecule has 0 fully saturated rings. The summed E-state index contributed by atoms with van der Waals surface area (Å²) in [4.78, 5) is 2.06. The van der Waals surface area contributed by atoms with E-state index in [1.807, 2.05) is 24.3 Å². The maximum atomic E-state index is 5.65. The normalized spacial score (nSPS) is 11.6. The van der Waals surface area contributed by atoms with Gasteiger partial charge >= 0.3 is 0 Å². The van der Waals surface area contributed by atoms with Gasteiger partial charge in [-0.05, 0) is 55.4 Å². The predicted molar refractivity (Wildman–Crippen MR) is 110 cm³/mol. The van der Waals surface area contributed by atoms with Crippen LogP contribution < -0.4 is 19.5 Å². The molecule has 0 spiro atoms. The minimum atomic E-state index is 0.288. The summed E-state index contributed by atoms with van der Waals surface area (Å²) in [5, 5.41) is 4.05. The average Bonchev–Trinajstić information content (AvgIpc) is 3.19. The van der Waals surface area contributed by atoms with Gasteiger partial charge < -0.3 is 28.8 Å². The summed E-state index contributed by atoms with van der Waals surface area (Å²) < 4.78 is 21.8. The first kappa shape index (κ1) is 20.9. The van der Waals surface area contributed by atoms with Gasteiger partial charge in [0.05, 0.1) is 34.1 Å². The van der Waals surface area contributed by atoms with Gasteiger partial charge in [0.1, 0.15) is 5.76 Å². The van der Waals surface area contributed by atoms with Crippen LogP contribution >= 0.6 is 12.2 Å². The Hall–Kier alpha value is -2.41. The summed E-state index contributed by atoms with van der Waals surface area (Å²) in [5.74, 6) is 2.65. The van der Waals surface area contributed by atoms with E-state index in [-0.39, 0.29) is 6.04 Å². The molecule has 0 radical (unpaired) electrons. The van der Waals surface area contributed by atoms with E-state index in [2.05, 4.69) is 24.1 Å². The van der Waals surface area contributed by atoms with Gasteiger partial charge in [-0.25, -0.2) is 0 Å². The summed E-state index contributed by atoms with van der Waals surface area (Å²) in [5.41, 5.74) is 0.990. The summed E-state index contributed by atoms with van der Waals surface area (Å²) in [6.45, 7) is 5.36. The number of rotatable bonds is 9. The van der Waals surface area contributed by atoms with Crippen molar-refractivity contribution in [2.45, 2.75) is 39.4 Å². The highest BCUT2D eigenvalue weighted by molar-refractivity contribution is 7.80. The molecular weight excluding hydrogens is 364 g/mol. The van der Waals surface area contributed by atoms with Crippen LogP contribution in [0, 0.1) is 0 Å². The van der Waals surface area contributed by atoms with E-state index >= 15 is 0 Å². The number of benzene rings is 1. The van der Waals surface area contributed by atoms with E-state index in [4.69, 9.17) is 30.8 Å². The summed E-state index contributed by atoms with van der Waals surface area (Å²) in [6, 6.07) is 7.97. The van der Waals surface area contributed by atoms with Gasteiger partial charge in [0.2, 0.25) is 5.75 Å². The summed E-state index contributed by atoms with van der Waals surface area (Å²) in [6.07, 6.45) is 2.65. The number of methoxy groups -OCH3 is 3. The molecule has 148 valence electrons. The van der Waals surface area contributed by atoms with Crippen LogP contribution in [-0.2, 0) is 13.1 Å². The zero-order chi connectivity index (χ0) is 19.8. The van der Waals surface area contributed by atoms with Crippen molar-refractivity contribution in [2.24, 2.45) is 0 Å². The summed E-state index contributed by atoms with van der Waals surface area (Å²) in [7, 11) is 4.81. The van der Waals surface area contributed by atoms with E-state index in [0.717, 1.165) is 17.7 Å². The third kappa shape index (κ3) is 5.53. The molecule has 1 aromatic carbocycles. The minimum absolute atomic E-state index is 0.288. The monoisotopic (exact) mass is 392 g/mol. The SMILES string of the molecule is CCC(C)NC(=S)N(Cc1cc(OC)c(OC)c(OC)c1)Cc1ccco1. The predicted octanol–water partition coefficient (Wildman–Crippen LogP) is 3.98. The van der Waals surface area contributed by atoms with Crippen molar-refractivity contribution in [1.29, 1.82) is 0 Å². The summed E-state index contributed by atoms with van der Waals surface area (Å²) >= 11 is 5.65. The van der Waals surface area contributed by atoms with Gasteiger partial charge in [0.15, 0.2) is 16.6 Å². The van der Waals surface area contributed by atoms with E-state index in [1.165, 1.54) is 0 Å². The third-order valence-corrected chi connectivity index (χ3v) is 4.67. The van der Waals surface area contributed by atoms with Gasteiger partial charge in [-0.3, -0.25) is 0 Å². The highest BCUT2D eigenvalue weighted by Gasteiger charge is 2.18. The molecule has 27 heavy (non-hydrogen) atoms. The van der Waals surface area contributed by atoms with Crippen LogP contribution in [0.1, 0.15) is 31.6 Å². The number of furan rings is 1. The first-order chi connectivity index (χ1) is 13.0. The quantitative estimate of drug-likeness (QED) is 0.648. The van der Waals surface area contributed by atoms with Gasteiger partial charge in [0.25, 0.3) is 0 Å². The second kappa shape index (κ2) is 10.1. The molecule has 0 aliphatic rings. The Labute approximate surface area is 166 Å². The van der Waals surface area contributed by atoms with Crippen molar-refractivity contribution < 1.29 is 18.6 Å². The van der Waals surface area contributed by atoms with Crippen LogP contribution in [-0.4, -0.2) is 37.4 Å². The standard InChI is InChI=1S/C20H28N2O4S/c1-6-14(2)21-20(27)22(13-16-8-7-9-26-16)12-15-10-17(23-3)19(25-5)18(11-15)24-4/h7-11,14H,6,12-13H2,1-5H3,(H,21,27). The molecule has 0 amide bonds. The second-order valence-corrected chi connectivity index (χ2v) is 6.61. The van der Waals surface area contributed by atoms with E-state index in [9.17, 15) is 0 Å². The average molecular weight is 393 g/mol. The van der Waals surface area contributed by atoms with E-state index < -0.39 is 0 Å². The molecule has 2 aromatic rings. The molecule has 1 unspecified atom stereocenters. The van der Waals surface area contributed by atoms with Gasteiger partial charge in [-0.15, -0.1) is 0 Å². The van der Waals surface area contributed by atoms with Gasteiger partial charge in [-0.2, -0.15) is 0 Å². The van der Waals surface area contributed by atoms with Crippen LogP contribution in [0.5, 0.6) is 17.2 Å². The lowest BCUT2D eigenvalue weighted by molar-refractivity contribution is 0.319. The molecule has 1 N–H and O–H groups in total. The Kier molecular flexibility index (Phi) is 7.79. The molecule has 2 rings (SSSR count). The first-order valence-corrected chi connectivity index (χ1v) is 9.29. The van der Waals surface area contributed by atoms with Crippen LogP contribution in [0.4, 0.5) is 0 Å². The van der Waals surface area contributed by atoms with E-state index in [1.54, 1.807) is 27.6 Å². The highest BCUT2D eigenvalue weighted by atomic mass is 32.1. The Morgan fingerprint density at radius 3 is 2.30 bits per heavy atom. The lowest BCUT2D eigenvalue weighted by Gasteiger charge is -2.27. The molecule has 0 aliphatic heterocycles. The van der Waals surface area contributed by atoms with Crippen LogP contribution in [0.2, 0.25) is 0 Å². The molecular formula is C20H28N2O4S. The minimum Gasteiger partial charge on any atom is -0.493 e. The lowest BCUT2D eigenvalue weighted by Crippen LogP contribution is -2.42. The van der Waals surface area contributed by atoms with E-state index in [0.29, 0.717) is 35.5 Å². The Morgan fingerprint density at radius 2 is 1.81 bits per heavy atom. The number of ether oxygens (including phenoxy) is 3. The number of nitrogens with one attached hydrogen (secondary N) is 1. The van der Waals surface area contributed by atoms with Crippen LogP contribution in [0.3, 0.4) is 0 Å². The molecule has 1 atom stereocenters. The Morgan fingerprint density at radius 1 is 1.15 bits per heavy atom. The fourth-order valence-electron chi connectivity index (χ4n) is 2.64. The maximum absolute atomic E-state index is 5.65. The number of hydrogen-bond acceptors (Lipinski definition) is 5. The topological polar surface area (TPSA) is 56.1 Å². The van der Waals surface area contributed by atoms with Crippen LogP contribution in [0.15, 0.2) is 34.9 Å². The second-order valence-electron chi connectivity index (χ2n) is 6.23. The zero-order valence-corrected chi connectivity index (χ0v) is 17.4. The highest BCUT2D eigenvalue weighted by Crippen LogP contribution is 2.38. The maximum Gasteiger partial charge on any atom is 0.203 e. The first-order valence-electron chi connectivity index (χ1n) is 8.89. The Balaban J connectivity index is 2.29. The van der Waals surface area contributed by atoms with Crippen molar-refractivity contribution in [3.05, 3.63) is 41.9 Å². The number of thiocarbonyl (C=S) groups is 1. The molecule has 0 saturated carbocycles. The van der Waals surface area contributed by atoms with Crippen molar-refractivity contribution in [3.8, 4) is 17.2 Å². The largest absolute Gasteiger partial charge is 0.493 e. The number of nitrogens with zero attached hydrogens (tertiary/aromatic N) is 1. The molecule has 1 aromatic heterocycles. The van der Waals surface area contributed by atoms with Crippen molar-refractivity contribution in [2.75, 3.05) is 21.3 Å². The fourth-order valence-corrected chi connectivity index (χ4v) is 2.97. The Bertz CT molecular complexity index is 709. The van der Waals surface area contributed by atoms with Gasteiger partial charge in [-0.1, -0.05) is 6.92 Å². The molecule has 0 bridgehead atoms. The van der Waals surface area contributed by atoms with Crippen molar-refractivity contribution in [3.63, 3.8) is 0 Å². The van der Waals surface area contributed by atoms with Crippen molar-refractivity contribution in [1.82, 2.24) is 10.2 Å². The van der Waals surface area contributed by atoms with Gasteiger partial charge in [0, 0.05) is 12.6 Å². The smallest absolute Gasteiger partial charge is 0.203 e. The third-order valence-electron chi connectivity index (χ3n) is 4.29.